The molecule has 4 rings (SSSR count). The molecule has 152 valence electrons. The molecular weight excluding hydrogens is 350 g/mol. The SMILES string of the molecule is C=CCCCCn1c(C(=O)N(C)C)cc2cnc(NC3CC4CCC3C4)nc21.[HH]. The first-order valence-electron chi connectivity index (χ1n) is 10.5. The number of anilines is 1. The van der Waals surface area contributed by atoms with E-state index in [-0.39, 0.29) is 7.33 Å². The molecule has 2 saturated carbocycles. The van der Waals surface area contributed by atoms with Crippen LogP contribution in [0.5, 0.6) is 0 Å². The number of unbranched alkanes of at least 4 members (excludes halogenated alkanes) is 2. The summed E-state index contributed by atoms with van der Waals surface area (Å²) < 4.78 is 2.06. The Kier molecular flexibility index (Phi) is 5.38. The average molecular weight is 384 g/mol. The van der Waals surface area contributed by atoms with Gasteiger partial charge in [0.25, 0.3) is 5.91 Å². The van der Waals surface area contributed by atoms with E-state index in [1.54, 1.807) is 19.0 Å². The third kappa shape index (κ3) is 3.64. The largest absolute Gasteiger partial charge is 0.351 e. The maximum atomic E-state index is 12.7. The highest BCUT2D eigenvalue weighted by atomic mass is 16.2. The highest BCUT2D eigenvalue weighted by Gasteiger charge is 2.39. The molecule has 2 heterocycles. The summed E-state index contributed by atoms with van der Waals surface area (Å²) in [4.78, 5) is 23.7. The number of allylic oxidation sites excluding steroid dienone is 1. The van der Waals surface area contributed by atoms with Crippen molar-refractivity contribution in [2.75, 3.05) is 19.4 Å². The van der Waals surface area contributed by atoms with Crippen LogP contribution in [0.1, 0.15) is 56.9 Å². The van der Waals surface area contributed by atoms with Crippen molar-refractivity contribution in [2.45, 2.75) is 57.5 Å². The quantitative estimate of drug-likeness (QED) is 0.544. The first-order valence-corrected chi connectivity index (χ1v) is 10.5. The smallest absolute Gasteiger partial charge is 0.270 e. The van der Waals surface area contributed by atoms with Crippen molar-refractivity contribution >= 4 is 22.9 Å². The minimum absolute atomic E-state index is 0. The third-order valence-electron chi connectivity index (χ3n) is 6.35. The van der Waals surface area contributed by atoms with E-state index in [2.05, 4.69) is 21.4 Å². The Labute approximate surface area is 168 Å². The second-order valence-corrected chi connectivity index (χ2v) is 8.56. The summed E-state index contributed by atoms with van der Waals surface area (Å²) in [6, 6.07) is 2.42. The van der Waals surface area contributed by atoms with Gasteiger partial charge in [0.2, 0.25) is 5.95 Å². The van der Waals surface area contributed by atoms with Crippen molar-refractivity contribution in [3.8, 4) is 0 Å². The van der Waals surface area contributed by atoms with Crippen molar-refractivity contribution in [2.24, 2.45) is 11.8 Å². The second kappa shape index (κ2) is 7.94. The molecule has 1 N–H and O–H groups in total. The van der Waals surface area contributed by atoms with Gasteiger partial charge in [-0.2, -0.15) is 4.98 Å². The van der Waals surface area contributed by atoms with Gasteiger partial charge in [-0.25, -0.2) is 4.98 Å². The van der Waals surface area contributed by atoms with E-state index in [1.807, 2.05) is 18.3 Å². The minimum atomic E-state index is 0. The van der Waals surface area contributed by atoms with E-state index in [0.717, 1.165) is 48.7 Å². The van der Waals surface area contributed by atoms with Crippen LogP contribution in [0, 0.1) is 11.8 Å². The molecule has 6 heteroatoms. The molecule has 2 aliphatic rings. The van der Waals surface area contributed by atoms with Crippen molar-refractivity contribution in [3.05, 3.63) is 30.6 Å². The molecule has 3 unspecified atom stereocenters. The highest BCUT2D eigenvalue weighted by molar-refractivity contribution is 5.97. The van der Waals surface area contributed by atoms with Gasteiger partial charge in [-0.15, -0.1) is 6.58 Å². The van der Waals surface area contributed by atoms with Crippen LogP contribution in [0.3, 0.4) is 0 Å². The van der Waals surface area contributed by atoms with Crippen molar-refractivity contribution in [1.29, 1.82) is 0 Å². The normalized spacial score (nSPS) is 23.3. The van der Waals surface area contributed by atoms with Crippen LogP contribution >= 0.6 is 0 Å². The van der Waals surface area contributed by atoms with Gasteiger partial charge in [0.1, 0.15) is 11.3 Å². The summed E-state index contributed by atoms with van der Waals surface area (Å²) >= 11 is 0. The van der Waals surface area contributed by atoms with E-state index in [1.165, 1.54) is 25.7 Å². The molecule has 2 fully saturated rings. The first-order chi connectivity index (χ1) is 13.6. The molecule has 0 aromatic carbocycles. The standard InChI is InChI=1S/C22H31N5O.H2/c1-4-5-6-7-10-27-19(21(28)26(2)3)13-17-14-23-22(25-20(17)27)24-18-12-15-8-9-16(18)11-15;/h4,13-16,18H,1,5-12H2,2-3H3,(H,23,24,25);1H. The molecule has 28 heavy (non-hydrogen) atoms. The number of carbonyl (C=O) groups is 1. The van der Waals surface area contributed by atoms with Gasteiger partial charge in [-0.1, -0.05) is 12.5 Å². The molecule has 6 nitrogen and oxygen atoms in total. The first kappa shape index (κ1) is 19.0. The van der Waals surface area contributed by atoms with Crippen LogP contribution in [-0.2, 0) is 6.54 Å². The number of nitrogens with one attached hydrogen (secondary N) is 1. The Bertz CT molecular complexity index is 877. The summed E-state index contributed by atoms with van der Waals surface area (Å²) in [5.41, 5.74) is 1.54. The van der Waals surface area contributed by atoms with Gasteiger partial charge in [0.05, 0.1) is 0 Å². The van der Waals surface area contributed by atoms with Gasteiger partial charge in [-0.3, -0.25) is 4.79 Å². The van der Waals surface area contributed by atoms with Gasteiger partial charge in [-0.05, 0) is 56.4 Å². The summed E-state index contributed by atoms with van der Waals surface area (Å²) in [7, 11) is 3.58. The number of hydrogen-bond donors (Lipinski definition) is 1. The molecule has 0 radical (unpaired) electrons. The number of rotatable bonds is 8. The maximum Gasteiger partial charge on any atom is 0.270 e. The van der Waals surface area contributed by atoms with Crippen LogP contribution in [-0.4, -0.2) is 45.5 Å². The van der Waals surface area contributed by atoms with Crippen molar-refractivity contribution in [1.82, 2.24) is 19.4 Å². The molecule has 2 aromatic heterocycles. The van der Waals surface area contributed by atoms with Crippen molar-refractivity contribution < 1.29 is 6.22 Å². The van der Waals surface area contributed by atoms with E-state index >= 15 is 0 Å². The van der Waals surface area contributed by atoms with Gasteiger partial charge >= 0.3 is 0 Å². The molecule has 2 bridgehead atoms. The Hall–Kier alpha value is -2.37. The predicted octanol–water partition coefficient (Wildman–Crippen LogP) is 4.34. The number of nitrogens with zero attached hydrogens (tertiary/aromatic N) is 4. The topological polar surface area (TPSA) is 63.1 Å². The predicted molar refractivity (Wildman–Crippen MR) is 115 cm³/mol. The molecule has 2 aliphatic carbocycles. The summed E-state index contributed by atoms with van der Waals surface area (Å²) in [5, 5.41) is 4.51. The Morgan fingerprint density at radius 2 is 2.25 bits per heavy atom. The lowest BCUT2D eigenvalue weighted by atomic mass is 9.95. The molecule has 0 aliphatic heterocycles. The lowest BCUT2D eigenvalue weighted by Crippen LogP contribution is -2.27. The minimum Gasteiger partial charge on any atom is -0.351 e. The Morgan fingerprint density at radius 3 is 2.93 bits per heavy atom. The summed E-state index contributed by atoms with van der Waals surface area (Å²) in [6.07, 6.45) is 12.1. The fourth-order valence-corrected chi connectivity index (χ4v) is 4.89. The van der Waals surface area contributed by atoms with E-state index in [0.29, 0.717) is 17.7 Å². The maximum absolute atomic E-state index is 12.7. The van der Waals surface area contributed by atoms with Gasteiger partial charge in [0, 0.05) is 39.7 Å². The number of aryl methyl sites for hydroxylation is 1. The highest BCUT2D eigenvalue weighted by Crippen LogP contribution is 2.45. The molecule has 2 aromatic rings. The second-order valence-electron chi connectivity index (χ2n) is 8.56. The molecule has 1 amide bonds. The molecular formula is C22H33N5O. The Balaban J connectivity index is 0.00000240. The van der Waals surface area contributed by atoms with Gasteiger partial charge in [0.15, 0.2) is 0 Å². The van der Waals surface area contributed by atoms with E-state index in [4.69, 9.17) is 4.98 Å². The number of carbonyl (C=O) groups excluding carboxylic acids is 1. The van der Waals surface area contributed by atoms with Crippen LogP contribution in [0.15, 0.2) is 24.9 Å². The van der Waals surface area contributed by atoms with Gasteiger partial charge < -0.3 is 14.8 Å². The molecule has 3 atom stereocenters. The summed E-state index contributed by atoms with van der Waals surface area (Å²) in [6.45, 7) is 4.57. The van der Waals surface area contributed by atoms with E-state index in [9.17, 15) is 4.79 Å². The van der Waals surface area contributed by atoms with Crippen LogP contribution in [0.2, 0.25) is 0 Å². The third-order valence-corrected chi connectivity index (χ3v) is 6.35. The van der Waals surface area contributed by atoms with Crippen LogP contribution in [0.4, 0.5) is 5.95 Å². The number of fused-ring (bicyclic) bond motifs is 3. The zero-order chi connectivity index (χ0) is 19.7. The number of amides is 1. The monoisotopic (exact) mass is 383 g/mol. The fourth-order valence-electron chi connectivity index (χ4n) is 4.89. The average Bonchev–Trinajstić information content (AvgIpc) is 3.39. The zero-order valence-corrected chi connectivity index (χ0v) is 17.0. The molecule has 0 spiro atoms. The Morgan fingerprint density at radius 1 is 1.39 bits per heavy atom. The van der Waals surface area contributed by atoms with E-state index < -0.39 is 0 Å². The van der Waals surface area contributed by atoms with Crippen molar-refractivity contribution in [3.63, 3.8) is 0 Å². The zero-order valence-electron chi connectivity index (χ0n) is 17.0. The lowest BCUT2D eigenvalue weighted by molar-refractivity contribution is 0.0817. The molecule has 0 saturated heterocycles. The number of aromatic nitrogens is 3. The lowest BCUT2D eigenvalue weighted by Gasteiger charge is -2.22. The fraction of sp³-hybridized carbons (Fsp3) is 0.591. The number of hydrogen-bond acceptors (Lipinski definition) is 4. The van der Waals surface area contributed by atoms with Crippen LogP contribution in [0.25, 0.3) is 11.0 Å². The summed E-state index contributed by atoms with van der Waals surface area (Å²) in [5.74, 6) is 2.34. The van der Waals surface area contributed by atoms with Crippen LogP contribution < -0.4 is 5.32 Å².